The molecule has 0 spiro atoms. The van der Waals surface area contributed by atoms with Gasteiger partial charge < -0.3 is 14.4 Å². The van der Waals surface area contributed by atoms with Crippen molar-refractivity contribution >= 4 is 11.0 Å². The van der Waals surface area contributed by atoms with Gasteiger partial charge in [0, 0.05) is 18.0 Å². The van der Waals surface area contributed by atoms with Crippen molar-refractivity contribution in [3.63, 3.8) is 0 Å². The Bertz CT molecular complexity index is 1040. The highest BCUT2D eigenvalue weighted by atomic mass is 16.5. The number of aliphatic hydroxyl groups excluding tert-OH is 1. The molecule has 0 bridgehead atoms. The number of ether oxygens (including phenoxy) is 1. The quantitative estimate of drug-likeness (QED) is 0.568. The molecule has 0 saturated heterocycles. The minimum Gasteiger partial charge on any atom is -0.491 e. The Labute approximate surface area is 157 Å². The largest absolute Gasteiger partial charge is 0.491 e. The number of para-hydroxylation sites is 3. The summed E-state index contributed by atoms with van der Waals surface area (Å²) in [6.45, 7) is 2.60. The number of benzene rings is 2. The molecule has 1 N–H and O–H groups in total. The Morgan fingerprint density at radius 2 is 1.74 bits per heavy atom. The van der Waals surface area contributed by atoms with Crippen LogP contribution >= 0.6 is 0 Å². The lowest BCUT2D eigenvalue weighted by Gasteiger charge is -2.16. The molecule has 2 aromatic heterocycles. The van der Waals surface area contributed by atoms with Gasteiger partial charge in [-0.3, -0.25) is 4.98 Å². The molecule has 2 heterocycles. The molecule has 1 atom stereocenters. The molecule has 27 heavy (non-hydrogen) atoms. The second-order valence-electron chi connectivity index (χ2n) is 6.50. The van der Waals surface area contributed by atoms with Gasteiger partial charge in [-0.1, -0.05) is 30.3 Å². The van der Waals surface area contributed by atoms with Crippen molar-refractivity contribution in [2.45, 2.75) is 19.6 Å². The molecular weight excluding hydrogens is 338 g/mol. The predicted molar refractivity (Wildman–Crippen MR) is 106 cm³/mol. The Morgan fingerprint density at radius 3 is 2.56 bits per heavy atom. The Balaban J connectivity index is 1.60. The lowest BCUT2D eigenvalue weighted by molar-refractivity contribution is 0.0935. The fraction of sp³-hybridized carbons (Fsp3) is 0.182. The van der Waals surface area contributed by atoms with E-state index >= 15 is 0 Å². The van der Waals surface area contributed by atoms with E-state index in [0.717, 1.165) is 33.7 Å². The van der Waals surface area contributed by atoms with Crippen molar-refractivity contribution in [1.29, 1.82) is 0 Å². The van der Waals surface area contributed by atoms with Gasteiger partial charge in [-0.15, -0.1) is 0 Å². The SMILES string of the molecule is Cc1ccccc1OCC(O)Cn1c(-c2ccncc2)nc2ccccc21. The van der Waals surface area contributed by atoms with Crippen molar-refractivity contribution in [1.82, 2.24) is 14.5 Å². The number of aryl methyl sites for hydroxylation is 1. The number of pyridine rings is 1. The highest BCUT2D eigenvalue weighted by molar-refractivity contribution is 5.80. The van der Waals surface area contributed by atoms with Crippen LogP contribution in [0.4, 0.5) is 0 Å². The van der Waals surface area contributed by atoms with Crippen LogP contribution in [-0.4, -0.2) is 32.4 Å². The fourth-order valence-electron chi connectivity index (χ4n) is 3.15. The van der Waals surface area contributed by atoms with E-state index < -0.39 is 6.10 Å². The maximum Gasteiger partial charge on any atom is 0.141 e. The van der Waals surface area contributed by atoms with Crippen molar-refractivity contribution in [3.05, 3.63) is 78.6 Å². The first-order chi connectivity index (χ1) is 13.2. The summed E-state index contributed by atoms with van der Waals surface area (Å²) in [5.74, 6) is 1.61. The fourth-order valence-corrected chi connectivity index (χ4v) is 3.15. The van der Waals surface area contributed by atoms with E-state index in [1.165, 1.54) is 0 Å². The normalized spacial score (nSPS) is 12.2. The highest BCUT2D eigenvalue weighted by Gasteiger charge is 2.16. The van der Waals surface area contributed by atoms with E-state index in [2.05, 4.69) is 4.98 Å². The first-order valence-corrected chi connectivity index (χ1v) is 8.94. The monoisotopic (exact) mass is 359 g/mol. The van der Waals surface area contributed by atoms with E-state index in [0.29, 0.717) is 6.54 Å². The number of hydrogen-bond acceptors (Lipinski definition) is 4. The maximum absolute atomic E-state index is 10.6. The average Bonchev–Trinajstić information content (AvgIpc) is 3.06. The number of nitrogens with zero attached hydrogens (tertiary/aromatic N) is 3. The Hall–Kier alpha value is -3.18. The van der Waals surface area contributed by atoms with E-state index in [4.69, 9.17) is 9.72 Å². The van der Waals surface area contributed by atoms with Crippen LogP contribution in [0.2, 0.25) is 0 Å². The van der Waals surface area contributed by atoms with Gasteiger partial charge in [-0.05, 0) is 42.8 Å². The van der Waals surface area contributed by atoms with Gasteiger partial charge in [0.25, 0.3) is 0 Å². The molecule has 5 heteroatoms. The second kappa shape index (κ2) is 7.60. The molecular formula is C22H21N3O2. The van der Waals surface area contributed by atoms with Crippen LogP contribution in [0.15, 0.2) is 73.1 Å². The van der Waals surface area contributed by atoms with Crippen molar-refractivity contribution in [3.8, 4) is 17.1 Å². The van der Waals surface area contributed by atoms with Crippen LogP contribution in [0.1, 0.15) is 5.56 Å². The number of fused-ring (bicyclic) bond motifs is 1. The van der Waals surface area contributed by atoms with E-state index in [1.807, 2.05) is 72.2 Å². The first kappa shape index (κ1) is 17.2. The van der Waals surface area contributed by atoms with Crippen molar-refractivity contribution < 1.29 is 9.84 Å². The van der Waals surface area contributed by atoms with Crippen LogP contribution in [0.5, 0.6) is 5.75 Å². The van der Waals surface area contributed by atoms with Crippen molar-refractivity contribution in [2.24, 2.45) is 0 Å². The molecule has 4 aromatic rings. The van der Waals surface area contributed by atoms with Crippen LogP contribution in [0.3, 0.4) is 0 Å². The zero-order valence-electron chi connectivity index (χ0n) is 15.1. The third kappa shape index (κ3) is 3.68. The summed E-state index contributed by atoms with van der Waals surface area (Å²) < 4.78 is 7.85. The molecule has 0 radical (unpaired) electrons. The lowest BCUT2D eigenvalue weighted by Crippen LogP contribution is -2.24. The molecule has 0 aliphatic heterocycles. The van der Waals surface area contributed by atoms with Gasteiger partial charge in [0.15, 0.2) is 0 Å². The third-order valence-corrected chi connectivity index (χ3v) is 4.51. The maximum atomic E-state index is 10.6. The van der Waals surface area contributed by atoms with Gasteiger partial charge in [-0.2, -0.15) is 0 Å². The van der Waals surface area contributed by atoms with Crippen molar-refractivity contribution in [2.75, 3.05) is 6.61 Å². The van der Waals surface area contributed by atoms with Gasteiger partial charge in [0.2, 0.25) is 0 Å². The molecule has 0 aliphatic carbocycles. The third-order valence-electron chi connectivity index (χ3n) is 4.51. The summed E-state index contributed by atoms with van der Waals surface area (Å²) in [4.78, 5) is 8.83. The summed E-state index contributed by atoms with van der Waals surface area (Å²) in [6, 6.07) is 19.6. The predicted octanol–water partition coefficient (Wildman–Crippen LogP) is 3.85. The average molecular weight is 359 g/mol. The number of aromatic nitrogens is 3. The van der Waals surface area contributed by atoms with Gasteiger partial charge in [0.05, 0.1) is 17.6 Å². The minimum absolute atomic E-state index is 0.215. The van der Waals surface area contributed by atoms with Crippen LogP contribution in [-0.2, 0) is 6.54 Å². The molecule has 0 aliphatic rings. The number of imidazole rings is 1. The molecule has 0 saturated carbocycles. The van der Waals surface area contributed by atoms with E-state index in [1.54, 1.807) is 12.4 Å². The van der Waals surface area contributed by atoms with Gasteiger partial charge in [-0.25, -0.2) is 4.98 Å². The first-order valence-electron chi connectivity index (χ1n) is 8.94. The molecule has 5 nitrogen and oxygen atoms in total. The molecule has 2 aromatic carbocycles. The summed E-state index contributed by atoms with van der Waals surface area (Å²) in [5.41, 5.74) is 3.90. The summed E-state index contributed by atoms with van der Waals surface area (Å²) in [7, 11) is 0. The minimum atomic E-state index is -0.664. The van der Waals surface area contributed by atoms with E-state index in [9.17, 15) is 5.11 Å². The molecule has 0 amide bonds. The lowest BCUT2D eigenvalue weighted by atomic mass is 10.2. The second-order valence-corrected chi connectivity index (χ2v) is 6.50. The highest BCUT2D eigenvalue weighted by Crippen LogP contribution is 2.25. The molecule has 0 fully saturated rings. The van der Waals surface area contributed by atoms with E-state index in [-0.39, 0.29) is 6.61 Å². The Morgan fingerprint density at radius 1 is 1.00 bits per heavy atom. The summed E-state index contributed by atoms with van der Waals surface area (Å²) in [6.07, 6.45) is 2.83. The standard InChI is InChI=1S/C22H21N3O2/c1-16-6-2-5-9-21(16)27-15-18(26)14-25-20-8-4-3-7-19(20)24-22(25)17-10-12-23-13-11-17/h2-13,18,26H,14-15H2,1H3. The van der Waals surface area contributed by atoms with Crippen LogP contribution < -0.4 is 4.74 Å². The molecule has 1 unspecified atom stereocenters. The zero-order valence-corrected chi connectivity index (χ0v) is 15.1. The number of rotatable bonds is 6. The number of aliphatic hydroxyl groups is 1. The smallest absolute Gasteiger partial charge is 0.141 e. The topological polar surface area (TPSA) is 60.2 Å². The summed E-state index contributed by atoms with van der Waals surface area (Å²) in [5, 5.41) is 10.6. The number of hydrogen-bond donors (Lipinski definition) is 1. The van der Waals surface area contributed by atoms with Crippen LogP contribution in [0, 0.1) is 6.92 Å². The van der Waals surface area contributed by atoms with Gasteiger partial charge in [0.1, 0.15) is 24.3 Å². The molecule has 136 valence electrons. The Kier molecular flexibility index (Phi) is 4.85. The molecule has 4 rings (SSSR count). The zero-order chi connectivity index (χ0) is 18.6. The van der Waals surface area contributed by atoms with Crippen LogP contribution in [0.25, 0.3) is 22.4 Å². The summed E-state index contributed by atoms with van der Waals surface area (Å²) >= 11 is 0. The van der Waals surface area contributed by atoms with Gasteiger partial charge >= 0.3 is 0 Å².